The van der Waals surface area contributed by atoms with E-state index in [0.717, 1.165) is 15.6 Å². The molecule has 25 heavy (non-hydrogen) atoms. The van der Waals surface area contributed by atoms with E-state index in [4.69, 9.17) is 0 Å². The van der Waals surface area contributed by atoms with Gasteiger partial charge in [0.15, 0.2) is 5.82 Å². The Hall–Kier alpha value is -3.61. The molecule has 0 aliphatic rings. The topological polar surface area (TPSA) is 93.5 Å². The number of aromatic nitrogens is 5. The number of H-pyrrole nitrogens is 1. The highest BCUT2D eigenvalue weighted by Gasteiger charge is 2.14. The van der Waals surface area contributed by atoms with Crippen LogP contribution in [0.2, 0.25) is 0 Å². The Morgan fingerprint density at radius 3 is 2.56 bits per heavy atom. The van der Waals surface area contributed by atoms with Gasteiger partial charge in [-0.3, -0.25) is 4.79 Å². The van der Waals surface area contributed by atoms with E-state index in [-0.39, 0.29) is 11.4 Å². The number of aromatic amines is 1. The minimum absolute atomic E-state index is 0.142. The first-order valence-electron chi connectivity index (χ1n) is 7.69. The average molecular weight is 331 g/mol. The fourth-order valence-corrected chi connectivity index (χ4v) is 2.67. The van der Waals surface area contributed by atoms with Gasteiger partial charge in [-0.1, -0.05) is 48.5 Å². The SMILES string of the molecule is O=c1nc(-n2ncc3ccccc3c2=O)c(Cc2ccccc2)n[nH]1. The van der Waals surface area contributed by atoms with Gasteiger partial charge in [0.2, 0.25) is 0 Å². The number of nitrogens with zero attached hydrogens (tertiary/aromatic N) is 4. The number of fused-ring (bicyclic) bond motifs is 1. The molecular formula is C18H13N5O2. The summed E-state index contributed by atoms with van der Waals surface area (Å²) in [6, 6.07) is 16.8. The summed E-state index contributed by atoms with van der Waals surface area (Å²) in [5.41, 5.74) is 0.482. The van der Waals surface area contributed by atoms with E-state index in [1.54, 1.807) is 18.3 Å². The summed E-state index contributed by atoms with van der Waals surface area (Å²) >= 11 is 0. The monoisotopic (exact) mass is 331 g/mol. The molecule has 7 nitrogen and oxygen atoms in total. The number of hydrogen-bond acceptors (Lipinski definition) is 5. The molecule has 4 aromatic rings. The molecule has 4 rings (SSSR count). The Kier molecular flexibility index (Phi) is 3.66. The molecule has 2 heterocycles. The number of nitrogens with one attached hydrogen (secondary N) is 1. The van der Waals surface area contributed by atoms with Crippen molar-refractivity contribution in [1.29, 1.82) is 0 Å². The fourth-order valence-electron chi connectivity index (χ4n) is 2.67. The van der Waals surface area contributed by atoms with Crippen molar-refractivity contribution in [1.82, 2.24) is 25.0 Å². The molecule has 0 unspecified atom stereocenters. The van der Waals surface area contributed by atoms with Gasteiger partial charge < -0.3 is 0 Å². The summed E-state index contributed by atoms with van der Waals surface area (Å²) in [6.07, 6.45) is 1.99. The van der Waals surface area contributed by atoms with E-state index in [0.29, 0.717) is 17.5 Å². The summed E-state index contributed by atoms with van der Waals surface area (Å²) in [6.45, 7) is 0. The molecule has 0 fully saturated rings. The van der Waals surface area contributed by atoms with Crippen molar-refractivity contribution < 1.29 is 0 Å². The third-order valence-electron chi connectivity index (χ3n) is 3.86. The van der Waals surface area contributed by atoms with Gasteiger partial charge in [-0.05, 0) is 11.6 Å². The average Bonchev–Trinajstić information content (AvgIpc) is 2.65. The lowest BCUT2D eigenvalue weighted by Crippen LogP contribution is -2.27. The van der Waals surface area contributed by atoms with E-state index in [1.165, 1.54) is 0 Å². The standard InChI is InChI=1S/C18H13N5O2/c24-17-14-9-5-4-8-13(14)11-19-23(17)16-15(21-22-18(25)20-16)10-12-6-2-1-3-7-12/h1-9,11H,10H2,(H,20,22,25). The van der Waals surface area contributed by atoms with Crippen LogP contribution in [0.3, 0.4) is 0 Å². The molecule has 0 bridgehead atoms. The van der Waals surface area contributed by atoms with Crippen LogP contribution in [0.15, 0.2) is 70.4 Å². The van der Waals surface area contributed by atoms with E-state index in [9.17, 15) is 9.59 Å². The Balaban J connectivity index is 1.91. The summed E-state index contributed by atoms with van der Waals surface area (Å²) < 4.78 is 1.13. The maximum atomic E-state index is 12.8. The zero-order valence-electron chi connectivity index (χ0n) is 13.1. The minimum Gasteiger partial charge on any atom is -0.267 e. The molecule has 0 saturated heterocycles. The van der Waals surface area contributed by atoms with Crippen molar-refractivity contribution in [3.05, 3.63) is 92.9 Å². The highest BCUT2D eigenvalue weighted by molar-refractivity contribution is 5.80. The molecule has 0 aliphatic carbocycles. The molecule has 0 radical (unpaired) electrons. The third-order valence-corrected chi connectivity index (χ3v) is 3.86. The molecule has 2 aromatic heterocycles. The Morgan fingerprint density at radius 2 is 1.72 bits per heavy atom. The van der Waals surface area contributed by atoms with Crippen LogP contribution in [-0.2, 0) is 6.42 Å². The molecule has 0 spiro atoms. The second kappa shape index (κ2) is 6.12. The predicted molar refractivity (Wildman–Crippen MR) is 92.8 cm³/mol. The third kappa shape index (κ3) is 2.83. The highest BCUT2D eigenvalue weighted by Crippen LogP contribution is 2.12. The fraction of sp³-hybridized carbons (Fsp3) is 0.0556. The number of hydrogen-bond donors (Lipinski definition) is 1. The van der Waals surface area contributed by atoms with Crippen LogP contribution in [-0.4, -0.2) is 25.0 Å². The first kappa shape index (κ1) is 14.9. The van der Waals surface area contributed by atoms with Gasteiger partial charge >= 0.3 is 5.69 Å². The van der Waals surface area contributed by atoms with Crippen molar-refractivity contribution in [2.45, 2.75) is 6.42 Å². The van der Waals surface area contributed by atoms with Gasteiger partial charge in [-0.15, -0.1) is 0 Å². The van der Waals surface area contributed by atoms with E-state index in [2.05, 4.69) is 20.3 Å². The predicted octanol–water partition coefficient (Wildman–Crippen LogP) is 1.45. The molecule has 1 N–H and O–H groups in total. The first-order chi connectivity index (χ1) is 12.2. The summed E-state index contributed by atoms with van der Waals surface area (Å²) in [5.74, 6) is 0.142. The zero-order valence-corrected chi connectivity index (χ0v) is 13.1. The Labute approximate surface area is 141 Å². The molecule has 0 aliphatic heterocycles. The molecule has 2 aromatic carbocycles. The Bertz CT molecular complexity index is 1170. The van der Waals surface area contributed by atoms with Crippen LogP contribution in [0, 0.1) is 0 Å². The van der Waals surface area contributed by atoms with E-state index in [1.807, 2.05) is 42.5 Å². The lowest BCUT2D eigenvalue weighted by molar-refractivity contribution is 0.733. The quantitative estimate of drug-likeness (QED) is 0.613. The minimum atomic E-state index is -0.631. The van der Waals surface area contributed by atoms with Crippen LogP contribution < -0.4 is 11.2 Å². The van der Waals surface area contributed by atoms with Crippen molar-refractivity contribution in [2.24, 2.45) is 0 Å². The maximum Gasteiger partial charge on any atom is 0.363 e. The normalized spacial score (nSPS) is 10.9. The van der Waals surface area contributed by atoms with E-state index >= 15 is 0 Å². The highest BCUT2D eigenvalue weighted by atomic mass is 16.1. The number of rotatable bonds is 3. The van der Waals surface area contributed by atoms with Gasteiger partial charge in [-0.25, -0.2) is 9.89 Å². The first-order valence-corrected chi connectivity index (χ1v) is 7.69. The summed E-state index contributed by atoms with van der Waals surface area (Å²) in [5, 5.41) is 11.8. The Morgan fingerprint density at radius 1 is 0.960 bits per heavy atom. The van der Waals surface area contributed by atoms with Crippen molar-refractivity contribution in [3.63, 3.8) is 0 Å². The maximum absolute atomic E-state index is 12.8. The van der Waals surface area contributed by atoms with Crippen LogP contribution in [0.25, 0.3) is 16.6 Å². The summed E-state index contributed by atoms with van der Waals surface area (Å²) in [7, 11) is 0. The van der Waals surface area contributed by atoms with Gasteiger partial charge in [0.25, 0.3) is 5.56 Å². The van der Waals surface area contributed by atoms with Crippen LogP contribution in [0.1, 0.15) is 11.3 Å². The lowest BCUT2D eigenvalue weighted by atomic mass is 10.1. The molecule has 0 atom stereocenters. The van der Waals surface area contributed by atoms with Crippen molar-refractivity contribution in [2.75, 3.05) is 0 Å². The summed E-state index contributed by atoms with van der Waals surface area (Å²) in [4.78, 5) is 28.4. The van der Waals surface area contributed by atoms with Gasteiger partial charge in [0, 0.05) is 11.8 Å². The van der Waals surface area contributed by atoms with Gasteiger partial charge in [-0.2, -0.15) is 19.9 Å². The number of benzene rings is 2. The largest absolute Gasteiger partial charge is 0.363 e. The molecule has 7 heteroatoms. The van der Waals surface area contributed by atoms with E-state index < -0.39 is 5.69 Å². The molecular weight excluding hydrogens is 318 g/mol. The van der Waals surface area contributed by atoms with Crippen molar-refractivity contribution >= 4 is 10.8 Å². The lowest BCUT2D eigenvalue weighted by Gasteiger charge is -2.09. The van der Waals surface area contributed by atoms with Crippen LogP contribution in [0.4, 0.5) is 0 Å². The molecule has 122 valence electrons. The van der Waals surface area contributed by atoms with Crippen LogP contribution in [0.5, 0.6) is 0 Å². The van der Waals surface area contributed by atoms with Gasteiger partial charge in [0.05, 0.1) is 11.6 Å². The smallest absolute Gasteiger partial charge is 0.267 e. The van der Waals surface area contributed by atoms with Gasteiger partial charge in [0.1, 0.15) is 5.69 Å². The second-order valence-corrected chi connectivity index (χ2v) is 5.52. The zero-order chi connectivity index (χ0) is 17.2. The van der Waals surface area contributed by atoms with Crippen LogP contribution >= 0.6 is 0 Å². The molecule has 0 amide bonds. The second-order valence-electron chi connectivity index (χ2n) is 5.52. The molecule has 0 saturated carbocycles. The van der Waals surface area contributed by atoms with Crippen molar-refractivity contribution in [3.8, 4) is 5.82 Å².